The fourth-order valence-corrected chi connectivity index (χ4v) is 1.90. The highest BCUT2D eigenvalue weighted by Crippen LogP contribution is 2.35. The average molecular weight is 340 g/mol. The second kappa shape index (κ2) is 6.38. The first-order valence-corrected chi connectivity index (χ1v) is 6.18. The normalized spacial score (nSPS) is 11.5. The van der Waals surface area contributed by atoms with E-state index < -0.39 is 17.6 Å². The summed E-state index contributed by atoms with van der Waals surface area (Å²) < 4.78 is 42.9. The molecular weight excluding hydrogens is 327 g/mol. The summed E-state index contributed by atoms with van der Waals surface area (Å²) in [5.74, 6) is -0.477. The molecule has 0 saturated carbocycles. The Morgan fingerprint density at radius 1 is 1.42 bits per heavy atom. The molecule has 0 radical (unpaired) electrons. The summed E-state index contributed by atoms with van der Waals surface area (Å²) in [7, 11) is 3.00. The molecule has 3 nitrogen and oxygen atoms in total. The second-order valence-corrected chi connectivity index (χ2v) is 4.77. The van der Waals surface area contributed by atoms with Crippen LogP contribution < -0.4 is 0 Å². The van der Waals surface area contributed by atoms with Crippen LogP contribution in [0.1, 0.15) is 15.9 Å². The minimum absolute atomic E-state index is 0.00544. The van der Waals surface area contributed by atoms with Crippen LogP contribution in [0.2, 0.25) is 0 Å². The monoisotopic (exact) mass is 339 g/mol. The molecule has 0 heterocycles. The zero-order chi connectivity index (χ0) is 14.6. The Morgan fingerprint density at radius 3 is 2.58 bits per heavy atom. The molecule has 19 heavy (non-hydrogen) atoms. The zero-order valence-electron chi connectivity index (χ0n) is 10.4. The van der Waals surface area contributed by atoms with Gasteiger partial charge in [0.05, 0.1) is 12.2 Å². The van der Waals surface area contributed by atoms with Crippen molar-refractivity contribution in [2.45, 2.75) is 6.18 Å². The van der Waals surface area contributed by atoms with E-state index in [-0.39, 0.29) is 10.0 Å². The van der Waals surface area contributed by atoms with E-state index in [0.29, 0.717) is 13.2 Å². The van der Waals surface area contributed by atoms with Gasteiger partial charge in [0.1, 0.15) is 0 Å². The van der Waals surface area contributed by atoms with Crippen molar-refractivity contribution in [3.05, 3.63) is 33.8 Å². The minimum Gasteiger partial charge on any atom is -0.383 e. The van der Waals surface area contributed by atoms with E-state index in [4.69, 9.17) is 4.74 Å². The lowest BCUT2D eigenvalue weighted by Gasteiger charge is -2.18. The van der Waals surface area contributed by atoms with Crippen molar-refractivity contribution >= 4 is 21.8 Å². The van der Waals surface area contributed by atoms with Crippen molar-refractivity contribution in [1.29, 1.82) is 0 Å². The molecule has 0 spiro atoms. The highest BCUT2D eigenvalue weighted by molar-refractivity contribution is 9.10. The van der Waals surface area contributed by atoms with Crippen molar-refractivity contribution in [3.8, 4) is 0 Å². The van der Waals surface area contributed by atoms with Gasteiger partial charge in [-0.1, -0.05) is 15.9 Å². The minimum atomic E-state index is -4.50. The van der Waals surface area contributed by atoms with Gasteiger partial charge in [-0.05, 0) is 18.2 Å². The number of likely N-dealkylation sites (N-methyl/N-ethyl adjacent to an activating group) is 1. The Labute approximate surface area is 117 Å². The van der Waals surface area contributed by atoms with Gasteiger partial charge >= 0.3 is 6.18 Å². The molecule has 0 aliphatic rings. The number of benzene rings is 1. The third kappa shape index (κ3) is 4.21. The van der Waals surface area contributed by atoms with E-state index in [9.17, 15) is 18.0 Å². The molecule has 0 aliphatic heterocycles. The van der Waals surface area contributed by atoms with Gasteiger partial charge in [-0.25, -0.2) is 0 Å². The number of rotatable bonds is 4. The van der Waals surface area contributed by atoms with Crippen LogP contribution in [0, 0.1) is 0 Å². The number of halogens is 4. The molecule has 0 fully saturated rings. The molecule has 1 aromatic rings. The van der Waals surface area contributed by atoms with Gasteiger partial charge < -0.3 is 9.64 Å². The van der Waals surface area contributed by atoms with E-state index in [2.05, 4.69) is 15.9 Å². The lowest BCUT2D eigenvalue weighted by Crippen LogP contribution is -2.30. The Bertz CT molecular complexity index is 463. The third-order valence-electron chi connectivity index (χ3n) is 2.50. The lowest BCUT2D eigenvalue weighted by atomic mass is 10.1. The molecule has 0 saturated heterocycles. The SMILES string of the molecule is COCCN(C)C(=O)c1ccc(Br)c(C(F)(F)F)c1. The van der Waals surface area contributed by atoms with Crippen LogP contribution in [0.15, 0.2) is 22.7 Å². The molecule has 7 heteroatoms. The quantitative estimate of drug-likeness (QED) is 0.843. The van der Waals surface area contributed by atoms with Crippen LogP contribution in [0.5, 0.6) is 0 Å². The molecule has 0 aliphatic carbocycles. The highest BCUT2D eigenvalue weighted by atomic mass is 79.9. The van der Waals surface area contributed by atoms with Crippen molar-refractivity contribution in [2.24, 2.45) is 0 Å². The van der Waals surface area contributed by atoms with E-state index in [1.807, 2.05) is 0 Å². The van der Waals surface area contributed by atoms with Gasteiger partial charge in [0.15, 0.2) is 0 Å². The summed E-state index contributed by atoms with van der Waals surface area (Å²) in [6, 6.07) is 3.42. The predicted molar refractivity (Wildman–Crippen MR) is 68.0 cm³/mol. The molecular formula is C12H13BrF3NO2. The average Bonchev–Trinajstić information content (AvgIpc) is 2.34. The van der Waals surface area contributed by atoms with E-state index in [0.717, 1.165) is 6.07 Å². The Kier molecular flexibility index (Phi) is 5.37. The molecule has 1 rings (SSSR count). The number of alkyl halides is 3. The third-order valence-corrected chi connectivity index (χ3v) is 3.19. The Balaban J connectivity index is 2.99. The van der Waals surface area contributed by atoms with E-state index >= 15 is 0 Å². The topological polar surface area (TPSA) is 29.5 Å². The van der Waals surface area contributed by atoms with Crippen molar-refractivity contribution in [3.63, 3.8) is 0 Å². The number of ether oxygens (including phenoxy) is 1. The van der Waals surface area contributed by atoms with Crippen LogP contribution in [0.25, 0.3) is 0 Å². The van der Waals surface area contributed by atoms with Gasteiger partial charge in [0.2, 0.25) is 0 Å². The van der Waals surface area contributed by atoms with Gasteiger partial charge in [0.25, 0.3) is 5.91 Å². The maximum atomic E-state index is 12.7. The van der Waals surface area contributed by atoms with Gasteiger partial charge in [0, 0.05) is 30.7 Å². The largest absolute Gasteiger partial charge is 0.417 e. The first-order valence-electron chi connectivity index (χ1n) is 5.38. The molecule has 106 valence electrons. The standard InChI is InChI=1S/C12H13BrF3NO2/c1-17(5-6-19-2)11(18)8-3-4-10(13)9(7-8)12(14,15)16/h3-4,7H,5-6H2,1-2H3. The van der Waals surface area contributed by atoms with Gasteiger partial charge in [-0.3, -0.25) is 4.79 Å². The van der Waals surface area contributed by atoms with Crippen molar-refractivity contribution in [1.82, 2.24) is 4.90 Å². The first kappa shape index (κ1) is 16.0. The fraction of sp³-hybridized carbons (Fsp3) is 0.417. The smallest absolute Gasteiger partial charge is 0.383 e. The van der Waals surface area contributed by atoms with Crippen LogP contribution in [-0.4, -0.2) is 38.1 Å². The van der Waals surface area contributed by atoms with Crippen molar-refractivity contribution < 1.29 is 22.7 Å². The van der Waals surface area contributed by atoms with Gasteiger partial charge in [-0.2, -0.15) is 13.2 Å². The maximum Gasteiger partial charge on any atom is 0.417 e. The number of hydrogen-bond acceptors (Lipinski definition) is 2. The number of amides is 1. The number of carbonyl (C=O) groups excluding carboxylic acids is 1. The number of methoxy groups -OCH3 is 1. The highest BCUT2D eigenvalue weighted by Gasteiger charge is 2.33. The Hall–Kier alpha value is -1.08. The first-order chi connectivity index (χ1) is 8.77. The Morgan fingerprint density at radius 2 is 2.05 bits per heavy atom. The van der Waals surface area contributed by atoms with Crippen LogP contribution in [0.3, 0.4) is 0 Å². The summed E-state index contributed by atoms with van der Waals surface area (Å²) in [6.07, 6.45) is -4.50. The molecule has 0 atom stereocenters. The van der Waals surface area contributed by atoms with Crippen LogP contribution in [-0.2, 0) is 10.9 Å². The molecule has 0 unspecified atom stereocenters. The van der Waals surface area contributed by atoms with Crippen LogP contribution >= 0.6 is 15.9 Å². The summed E-state index contributed by atoms with van der Waals surface area (Å²) in [6.45, 7) is 0.637. The number of nitrogens with zero attached hydrogens (tertiary/aromatic N) is 1. The maximum absolute atomic E-state index is 12.7. The lowest BCUT2D eigenvalue weighted by molar-refractivity contribution is -0.138. The summed E-state index contributed by atoms with van der Waals surface area (Å²) in [5.41, 5.74) is -0.868. The molecule has 1 aromatic carbocycles. The molecule has 0 N–H and O–H groups in total. The second-order valence-electron chi connectivity index (χ2n) is 3.91. The summed E-state index contributed by atoms with van der Waals surface area (Å²) >= 11 is 2.83. The van der Waals surface area contributed by atoms with Crippen LogP contribution in [0.4, 0.5) is 13.2 Å². The van der Waals surface area contributed by atoms with E-state index in [1.54, 1.807) is 0 Å². The van der Waals surface area contributed by atoms with E-state index in [1.165, 1.54) is 31.2 Å². The summed E-state index contributed by atoms with van der Waals surface area (Å²) in [5, 5.41) is 0. The molecule has 0 bridgehead atoms. The zero-order valence-corrected chi connectivity index (χ0v) is 12.0. The molecule has 0 aromatic heterocycles. The molecule has 1 amide bonds. The number of hydrogen-bond donors (Lipinski definition) is 0. The summed E-state index contributed by atoms with van der Waals surface area (Å²) in [4.78, 5) is 13.2. The predicted octanol–water partition coefficient (Wildman–Crippen LogP) is 3.19. The fourth-order valence-electron chi connectivity index (χ4n) is 1.43. The van der Waals surface area contributed by atoms with Crippen molar-refractivity contribution in [2.75, 3.05) is 27.3 Å². The number of carbonyl (C=O) groups is 1. The van der Waals surface area contributed by atoms with Gasteiger partial charge in [-0.15, -0.1) is 0 Å².